The van der Waals surface area contributed by atoms with Crippen LogP contribution < -0.4 is 5.56 Å². The van der Waals surface area contributed by atoms with Gasteiger partial charge >= 0.3 is 0 Å². The monoisotopic (exact) mass is 366 g/mol. The van der Waals surface area contributed by atoms with E-state index in [4.69, 9.17) is 4.74 Å². The van der Waals surface area contributed by atoms with Crippen LogP contribution in [0.2, 0.25) is 0 Å². The largest absolute Gasteiger partial charge is 0.379 e. The standard InChI is InChI=1S/C21H26N4O2/c26-21-18-3-1-2-4-19(18)25-15-16(13-20(25)22-21)14-23-7-5-17(6-8-23)24-9-11-27-12-10-24/h1-4,13,15,17H,5-12,14H2,(H,22,26). The number of fused-ring (bicyclic) bond motifs is 3. The fraction of sp³-hybridized carbons (Fsp3) is 0.476. The number of H-pyrrole nitrogens is 1. The first-order chi connectivity index (χ1) is 13.3. The molecule has 0 radical (unpaired) electrons. The summed E-state index contributed by atoms with van der Waals surface area (Å²) < 4.78 is 7.58. The number of benzene rings is 1. The SMILES string of the molecule is O=c1[nH]c2cc(CN3CCC(N4CCOCC4)CC3)cn2c2ccccc12. The molecule has 1 N–H and O–H groups in total. The topological polar surface area (TPSA) is 53.0 Å². The van der Waals surface area contributed by atoms with Gasteiger partial charge in [0.15, 0.2) is 0 Å². The second-order valence-electron chi connectivity index (χ2n) is 7.73. The summed E-state index contributed by atoms with van der Waals surface area (Å²) in [6, 6.07) is 10.6. The normalized spacial score (nSPS) is 20.6. The Labute approximate surface area is 158 Å². The molecule has 2 fully saturated rings. The molecule has 0 atom stereocenters. The van der Waals surface area contributed by atoms with Gasteiger partial charge in [-0.25, -0.2) is 0 Å². The van der Waals surface area contributed by atoms with Gasteiger partial charge in [-0.2, -0.15) is 0 Å². The molecule has 0 unspecified atom stereocenters. The van der Waals surface area contributed by atoms with Crippen LogP contribution in [-0.2, 0) is 11.3 Å². The average molecular weight is 366 g/mol. The Morgan fingerprint density at radius 1 is 1.07 bits per heavy atom. The van der Waals surface area contributed by atoms with Crippen molar-refractivity contribution in [2.45, 2.75) is 25.4 Å². The molecule has 0 aliphatic carbocycles. The maximum absolute atomic E-state index is 12.3. The molecule has 6 nitrogen and oxygen atoms in total. The van der Waals surface area contributed by atoms with E-state index in [9.17, 15) is 4.79 Å². The Bertz CT molecular complexity index is 994. The molecule has 3 aromatic rings. The fourth-order valence-corrected chi connectivity index (χ4v) is 4.60. The van der Waals surface area contributed by atoms with E-state index in [2.05, 4.69) is 31.4 Å². The summed E-state index contributed by atoms with van der Waals surface area (Å²) in [4.78, 5) is 20.4. The molecule has 0 amide bonds. The van der Waals surface area contributed by atoms with Crippen molar-refractivity contribution in [3.63, 3.8) is 0 Å². The highest BCUT2D eigenvalue weighted by molar-refractivity contribution is 5.80. The van der Waals surface area contributed by atoms with E-state index in [1.54, 1.807) is 0 Å². The molecule has 142 valence electrons. The number of nitrogens with zero attached hydrogens (tertiary/aromatic N) is 3. The Hall–Kier alpha value is -2.15. The smallest absolute Gasteiger partial charge is 0.258 e. The van der Waals surface area contributed by atoms with E-state index < -0.39 is 0 Å². The third-order valence-electron chi connectivity index (χ3n) is 6.05. The number of rotatable bonds is 3. The number of morpholine rings is 1. The van der Waals surface area contributed by atoms with Gasteiger partial charge in [-0.05, 0) is 49.7 Å². The zero-order valence-electron chi connectivity index (χ0n) is 15.6. The summed E-state index contributed by atoms with van der Waals surface area (Å²) in [6.07, 6.45) is 4.63. The van der Waals surface area contributed by atoms with Crippen LogP contribution in [0.3, 0.4) is 0 Å². The van der Waals surface area contributed by atoms with Crippen LogP contribution in [0.5, 0.6) is 0 Å². The maximum atomic E-state index is 12.3. The summed E-state index contributed by atoms with van der Waals surface area (Å²) >= 11 is 0. The first-order valence-electron chi connectivity index (χ1n) is 9.94. The van der Waals surface area contributed by atoms with Crippen molar-refractivity contribution in [3.05, 3.63) is 52.4 Å². The Morgan fingerprint density at radius 3 is 2.67 bits per heavy atom. The van der Waals surface area contributed by atoms with Gasteiger partial charge in [0.05, 0.1) is 24.1 Å². The van der Waals surface area contributed by atoms with Gasteiger partial charge in [0, 0.05) is 31.9 Å². The minimum absolute atomic E-state index is 0.0194. The van der Waals surface area contributed by atoms with Crippen molar-refractivity contribution in [2.75, 3.05) is 39.4 Å². The zero-order valence-corrected chi connectivity index (χ0v) is 15.6. The summed E-state index contributed by atoms with van der Waals surface area (Å²) in [5, 5.41) is 0.735. The van der Waals surface area contributed by atoms with E-state index >= 15 is 0 Å². The maximum Gasteiger partial charge on any atom is 0.258 e. The molecule has 2 saturated heterocycles. The lowest BCUT2D eigenvalue weighted by atomic mass is 10.0. The quantitative estimate of drug-likeness (QED) is 0.771. The van der Waals surface area contributed by atoms with Crippen LogP contribution in [-0.4, -0.2) is 64.6 Å². The van der Waals surface area contributed by atoms with Gasteiger partial charge in [-0.1, -0.05) is 12.1 Å². The zero-order chi connectivity index (χ0) is 18.2. The van der Waals surface area contributed by atoms with Crippen LogP contribution in [0.25, 0.3) is 16.6 Å². The number of nitrogens with one attached hydrogen (secondary N) is 1. The molecule has 2 aliphatic rings. The first kappa shape index (κ1) is 17.0. The highest BCUT2D eigenvalue weighted by Gasteiger charge is 2.25. The number of hydrogen-bond acceptors (Lipinski definition) is 4. The average Bonchev–Trinajstić information content (AvgIpc) is 3.12. The van der Waals surface area contributed by atoms with Gasteiger partial charge in [-0.15, -0.1) is 0 Å². The van der Waals surface area contributed by atoms with E-state index in [1.807, 2.05) is 24.3 Å². The summed E-state index contributed by atoms with van der Waals surface area (Å²) in [6.45, 7) is 7.12. The molecule has 4 heterocycles. The molecule has 2 aromatic heterocycles. The van der Waals surface area contributed by atoms with Crippen molar-refractivity contribution in [3.8, 4) is 0 Å². The lowest BCUT2D eigenvalue weighted by molar-refractivity contribution is 0.000233. The highest BCUT2D eigenvalue weighted by atomic mass is 16.5. The molecule has 0 spiro atoms. The number of ether oxygens (including phenoxy) is 1. The van der Waals surface area contributed by atoms with Gasteiger partial charge < -0.3 is 14.1 Å². The minimum Gasteiger partial charge on any atom is -0.379 e. The first-order valence-corrected chi connectivity index (χ1v) is 9.94. The van der Waals surface area contributed by atoms with Crippen molar-refractivity contribution < 1.29 is 4.74 Å². The van der Waals surface area contributed by atoms with Gasteiger partial charge in [-0.3, -0.25) is 14.6 Å². The molecule has 2 aliphatic heterocycles. The molecule has 1 aromatic carbocycles. The van der Waals surface area contributed by atoms with E-state index in [0.29, 0.717) is 6.04 Å². The van der Waals surface area contributed by atoms with Crippen LogP contribution in [0.4, 0.5) is 0 Å². The second-order valence-corrected chi connectivity index (χ2v) is 7.73. The number of aromatic amines is 1. The van der Waals surface area contributed by atoms with Gasteiger partial charge in [0.1, 0.15) is 5.65 Å². The fourth-order valence-electron chi connectivity index (χ4n) is 4.60. The number of likely N-dealkylation sites (tertiary alicyclic amines) is 1. The van der Waals surface area contributed by atoms with Gasteiger partial charge in [0.2, 0.25) is 0 Å². The summed E-state index contributed by atoms with van der Waals surface area (Å²) in [5.74, 6) is 0. The molecule has 0 saturated carbocycles. The third kappa shape index (κ3) is 3.29. The predicted octanol–water partition coefficient (Wildman–Crippen LogP) is 2.08. The molecule has 0 bridgehead atoms. The Morgan fingerprint density at radius 2 is 1.85 bits per heavy atom. The van der Waals surface area contributed by atoms with Crippen molar-refractivity contribution in [2.24, 2.45) is 0 Å². The molecular weight excluding hydrogens is 340 g/mol. The van der Waals surface area contributed by atoms with E-state index in [1.165, 1.54) is 18.4 Å². The third-order valence-corrected chi connectivity index (χ3v) is 6.05. The van der Waals surface area contributed by atoms with Crippen molar-refractivity contribution in [1.29, 1.82) is 0 Å². The lowest BCUT2D eigenvalue weighted by Crippen LogP contribution is -2.48. The molecular formula is C21H26N4O2. The van der Waals surface area contributed by atoms with Crippen molar-refractivity contribution in [1.82, 2.24) is 19.2 Å². The minimum atomic E-state index is -0.0194. The van der Waals surface area contributed by atoms with Crippen LogP contribution in [0.1, 0.15) is 18.4 Å². The van der Waals surface area contributed by atoms with E-state index in [-0.39, 0.29) is 5.56 Å². The Kier molecular flexibility index (Phi) is 4.47. The number of para-hydroxylation sites is 1. The summed E-state index contributed by atoms with van der Waals surface area (Å²) in [7, 11) is 0. The van der Waals surface area contributed by atoms with Gasteiger partial charge in [0.25, 0.3) is 5.56 Å². The number of aromatic nitrogens is 2. The predicted molar refractivity (Wildman–Crippen MR) is 106 cm³/mol. The molecule has 5 rings (SSSR count). The van der Waals surface area contributed by atoms with E-state index in [0.717, 1.165) is 62.5 Å². The van der Waals surface area contributed by atoms with Crippen LogP contribution in [0, 0.1) is 0 Å². The second kappa shape index (κ2) is 7.11. The lowest BCUT2D eigenvalue weighted by Gasteiger charge is -2.40. The van der Waals surface area contributed by atoms with Crippen molar-refractivity contribution >= 4 is 16.6 Å². The highest BCUT2D eigenvalue weighted by Crippen LogP contribution is 2.21. The molecule has 27 heavy (non-hydrogen) atoms. The Balaban J connectivity index is 1.31. The van der Waals surface area contributed by atoms with Crippen LogP contribution in [0.15, 0.2) is 41.3 Å². The molecule has 6 heteroatoms. The number of hydrogen-bond donors (Lipinski definition) is 1. The number of piperidine rings is 1. The summed E-state index contributed by atoms with van der Waals surface area (Å²) in [5.41, 5.74) is 3.08. The van der Waals surface area contributed by atoms with Crippen LogP contribution >= 0.6 is 0 Å².